The molecule has 11 aromatic carbocycles. The first kappa shape index (κ1) is 27.9. The van der Waals surface area contributed by atoms with E-state index >= 15 is 0 Å². The summed E-state index contributed by atoms with van der Waals surface area (Å²) in [7, 11) is 0. The molecule has 0 atom stereocenters. The van der Waals surface area contributed by atoms with Crippen molar-refractivity contribution in [3.05, 3.63) is 290 Å². The van der Waals surface area contributed by atoms with Crippen molar-refractivity contribution in [3.63, 3.8) is 0 Å². The van der Waals surface area contributed by atoms with Gasteiger partial charge in [0, 0.05) is 23.0 Å². The first-order valence-corrected chi connectivity index (χ1v) is 26.1. The third kappa shape index (κ3) is 9.66. The van der Waals surface area contributed by atoms with Crippen molar-refractivity contribution in [2.24, 2.45) is 6.98 Å². The highest BCUT2D eigenvalue weighted by Gasteiger charge is 2.23. The van der Waals surface area contributed by atoms with E-state index in [0.29, 0.717) is 16.1 Å². The molecule has 0 unspecified atom stereocenters. The van der Waals surface area contributed by atoms with Crippen LogP contribution in [0.15, 0.2) is 272 Å². The van der Waals surface area contributed by atoms with Crippen LogP contribution >= 0.6 is 0 Å². The van der Waals surface area contributed by atoms with Gasteiger partial charge in [-0.1, -0.05) is 208 Å². The molecule has 83 heavy (non-hydrogen) atoms. The number of nitrogens with zero attached hydrogens (tertiary/aromatic N) is 4. The lowest BCUT2D eigenvalue weighted by molar-refractivity contribution is -0.649. The molecule has 0 fully saturated rings. The Bertz CT molecular complexity index is 6370. The summed E-state index contributed by atoms with van der Waals surface area (Å²) in [5, 5.41) is 1.80. The minimum absolute atomic E-state index is 0.126. The molecule has 5 nitrogen and oxygen atoms in total. The van der Waals surface area contributed by atoms with Gasteiger partial charge in [-0.3, -0.25) is 4.57 Å². The van der Waals surface area contributed by atoms with Gasteiger partial charge in [0.25, 0.3) is 0 Å². The van der Waals surface area contributed by atoms with E-state index < -0.39 is 254 Å². The maximum absolute atomic E-state index is 10.5. The molecule has 14 rings (SSSR count). The number of para-hydroxylation sites is 2. The Balaban J connectivity index is 1.15. The van der Waals surface area contributed by atoms with Gasteiger partial charge in [-0.05, 0) is 175 Å². The summed E-state index contributed by atoms with van der Waals surface area (Å²) >= 11 is 0. The van der Waals surface area contributed by atoms with E-state index in [0.717, 1.165) is 33.4 Å². The summed E-state index contributed by atoms with van der Waals surface area (Å²) in [6.07, 6.45) is 4.66. The molecule has 0 bridgehead atoms. The first-order valence-electron chi connectivity index (χ1n) is 41.1. The Hall–Kier alpha value is -10.4. The molecule has 3 aromatic heterocycles. The van der Waals surface area contributed by atoms with E-state index in [4.69, 9.17) is 24.8 Å². The zero-order valence-corrected chi connectivity index (χ0v) is 44.6. The number of ether oxygens (including phenoxy) is 1. The van der Waals surface area contributed by atoms with Crippen LogP contribution in [0, 0.1) is 13.3 Å². The molecule has 398 valence electrons. The van der Waals surface area contributed by atoms with Crippen LogP contribution in [0.4, 0.5) is 0 Å². The largest absolute Gasteiger partial charge is 0.458 e. The number of aromatic nitrogens is 4. The number of rotatable bonds is 11. The second kappa shape index (κ2) is 20.9. The predicted molar refractivity (Wildman–Crippen MR) is 343 cm³/mol. The lowest BCUT2D eigenvalue weighted by atomic mass is 9.84. The van der Waals surface area contributed by atoms with Crippen LogP contribution in [0.2, 0.25) is 0 Å². The summed E-state index contributed by atoms with van der Waals surface area (Å²) < 4.78 is 293. The normalized spacial score (nSPS) is 16.9. The van der Waals surface area contributed by atoms with Crippen molar-refractivity contribution in [2.75, 3.05) is 0 Å². The maximum atomic E-state index is 10.5. The summed E-state index contributed by atoms with van der Waals surface area (Å²) in [6.45, 7) is 4.16. The predicted octanol–water partition coefficient (Wildman–Crippen LogP) is 19.8. The van der Waals surface area contributed by atoms with E-state index in [2.05, 4.69) is 27.1 Å². The second-order valence-electron chi connectivity index (χ2n) is 20.3. The number of imidazole rings is 1. The molecule has 0 saturated carbocycles. The lowest BCUT2D eigenvalue weighted by Gasteiger charge is -2.21. The number of fused-ring (bicyclic) bond motifs is 4. The van der Waals surface area contributed by atoms with Crippen molar-refractivity contribution < 1.29 is 50.4 Å². The highest BCUT2D eigenvalue weighted by molar-refractivity contribution is 6.09. The molecule has 0 saturated heterocycles. The molecule has 3 heterocycles. The SMILES string of the molecule is [2H]c1cc(-c2c([2H])c(-c3c([2H])c([2H])c(C)c([2H])c3[2H])c([2H])c(-c3c([2H])c([2H])c([2H])c(-c4c([2H])c(-c5c([2H])c([2H])c([2H])c([2H])c5[2H])c([2H])c(-c5c([2H])c([2H])c([2H])c([2H])c5[2H])c4[2H])c3-c3cccc4c3[n+](C([2H])([2H])[2H])[c-]n4-c3cccc(Oc4ccc5c6ccccc6n(-c6cc(C(C)(C)C)ccn6)c5c4)c3)c2[2H])c([2H])c([2H])c1[2H]. The maximum Gasteiger partial charge on any atom is 0.244 e. The van der Waals surface area contributed by atoms with Crippen molar-refractivity contribution in [1.82, 2.24) is 14.1 Å². The van der Waals surface area contributed by atoms with E-state index in [1.165, 1.54) is 35.8 Å². The third-order valence-electron chi connectivity index (χ3n) is 13.9. The highest BCUT2D eigenvalue weighted by Crippen LogP contribution is 2.46. The Morgan fingerprint density at radius 2 is 1.07 bits per heavy atom. The van der Waals surface area contributed by atoms with E-state index in [9.17, 15) is 26.0 Å². The van der Waals surface area contributed by atoms with Gasteiger partial charge in [-0.15, -0.1) is 0 Å². The monoisotopic (exact) mass is 1100 g/mol. The van der Waals surface area contributed by atoms with Gasteiger partial charge in [0.15, 0.2) is 0 Å². The minimum atomic E-state index is -3.38. The molecule has 0 amide bonds. The molecule has 5 heteroatoms. The smallest absolute Gasteiger partial charge is 0.244 e. The second-order valence-corrected chi connectivity index (χ2v) is 20.3. The van der Waals surface area contributed by atoms with E-state index in [-0.39, 0.29) is 27.9 Å². The van der Waals surface area contributed by atoms with E-state index in [1.807, 2.05) is 53.1 Å². The lowest BCUT2D eigenvalue weighted by Crippen LogP contribution is -2.26. The molecule has 0 radical (unpaired) electrons. The molecule has 0 aliphatic heterocycles. The standard InChI is InChI=1S/C78H60N4O/c1-52-34-36-56(37-35-52)60-43-59(55-24-13-8-14-25-55)46-62(47-60)68-30-18-29-67(61-44-57(53-20-9-6-10-21-53)42-58(45-61)54-22-11-7-12-23-54)76(68)71-31-19-33-73-77(71)80(5)51-81(73)64-26-17-27-65(49-64)83-66-38-39-70-69-28-15-16-32-72(69)82(74(70)50-66)75-48-63(40-41-79-75)78(2,3)4/h6-50H,1-5H3/i5D3,6D,7D,8D,9D,10D,11D,12D,13D,14D,18D,20D,21D,22D,23D,24D,29D,30D,34D,35D,36D,37D,42D,43D,44D,45D,46D,47D. The summed E-state index contributed by atoms with van der Waals surface area (Å²) in [4.78, 5) is 4.80. The number of pyridine rings is 1. The molecular weight excluding hydrogens is 1010 g/mol. The fourth-order valence-corrected chi connectivity index (χ4v) is 10.1. The number of hydrogen-bond donors (Lipinski definition) is 0. The molecule has 0 N–H and O–H groups in total. The molecule has 14 aromatic rings. The molecule has 0 aliphatic carbocycles. The van der Waals surface area contributed by atoms with Crippen LogP contribution in [-0.4, -0.2) is 14.1 Å². The van der Waals surface area contributed by atoms with Gasteiger partial charge < -0.3 is 13.9 Å². The Morgan fingerprint density at radius 3 is 1.76 bits per heavy atom. The fraction of sp³-hybridized carbons (Fsp3) is 0.0769. The van der Waals surface area contributed by atoms with Crippen molar-refractivity contribution in [2.45, 2.75) is 33.1 Å². The van der Waals surface area contributed by atoms with E-state index in [1.54, 1.807) is 30.5 Å². The van der Waals surface area contributed by atoms with Gasteiger partial charge in [0.1, 0.15) is 17.3 Å². The third-order valence-corrected chi connectivity index (χ3v) is 13.9. The summed E-state index contributed by atoms with van der Waals surface area (Å²) in [5.74, 6) is 1.16. The van der Waals surface area contributed by atoms with Gasteiger partial charge in [-0.25, -0.2) is 4.98 Å². The van der Waals surface area contributed by atoms with Crippen molar-refractivity contribution in [3.8, 4) is 101 Å². The summed E-state index contributed by atoms with van der Waals surface area (Å²) in [6, 6.07) is 0.907. The number of benzene rings is 11. The van der Waals surface area contributed by atoms with Gasteiger partial charge in [0.05, 0.1) is 75.9 Å². The average molecular weight is 1100 g/mol. The number of hydrogen-bond acceptors (Lipinski definition) is 2. The quantitative estimate of drug-likeness (QED) is 0.0956. The Kier molecular flexibility index (Phi) is 7.04. The highest BCUT2D eigenvalue weighted by atomic mass is 16.5. The molecule has 0 aliphatic rings. The van der Waals surface area contributed by atoms with Gasteiger partial charge >= 0.3 is 0 Å². The van der Waals surface area contributed by atoms with Crippen LogP contribution in [0.3, 0.4) is 0 Å². The fourth-order valence-electron chi connectivity index (χ4n) is 10.1. The minimum Gasteiger partial charge on any atom is -0.458 e. The van der Waals surface area contributed by atoms with Gasteiger partial charge in [0.2, 0.25) is 6.33 Å². The Labute approximate surface area is 527 Å². The Morgan fingerprint density at radius 1 is 0.482 bits per heavy atom. The topological polar surface area (TPSA) is 35.9 Å². The van der Waals surface area contributed by atoms with Crippen molar-refractivity contribution >= 4 is 32.8 Å². The van der Waals surface area contributed by atoms with Crippen LogP contribution in [-0.2, 0) is 12.4 Å². The van der Waals surface area contributed by atoms with Gasteiger partial charge in [-0.2, -0.15) is 0 Å². The van der Waals surface area contributed by atoms with Crippen molar-refractivity contribution in [1.29, 1.82) is 0 Å². The van der Waals surface area contributed by atoms with Crippen LogP contribution < -0.4 is 9.30 Å². The van der Waals surface area contributed by atoms with Crippen LogP contribution in [0.1, 0.15) is 73.0 Å². The molecule has 0 spiro atoms. The van der Waals surface area contributed by atoms with Crippen LogP contribution in [0.25, 0.3) is 122 Å². The summed E-state index contributed by atoms with van der Waals surface area (Å²) in [5.41, 5.74) is -10.8. The average Bonchev–Trinajstić information content (AvgIpc) is 1.41. The zero-order chi connectivity index (χ0) is 82.2. The first-order chi connectivity index (χ1) is 53.1. The molecular formula is C78H60N4O. The number of aryl methyl sites for hydroxylation is 1. The van der Waals surface area contributed by atoms with Crippen LogP contribution in [0.5, 0.6) is 11.5 Å². The zero-order valence-electron chi connectivity index (χ0n) is 74.6.